The molecule has 0 saturated carbocycles. The van der Waals surface area contributed by atoms with Gasteiger partial charge < -0.3 is 14.8 Å². The molecule has 1 N–H and O–H groups in total. The van der Waals surface area contributed by atoms with Crippen molar-refractivity contribution in [3.05, 3.63) is 46.7 Å². The predicted octanol–water partition coefficient (Wildman–Crippen LogP) is 3.55. The van der Waals surface area contributed by atoms with Crippen LogP contribution in [0.3, 0.4) is 0 Å². The van der Waals surface area contributed by atoms with E-state index in [9.17, 15) is 0 Å². The standard InChI is InChI=1S/C16H18ClN3O2/c1-10-5-15(17)19-9-14(10)20-16(18-2)11-6-12(21-3)8-13(7-11)22-4/h5-9H,1-4H3,(H,18,20). The number of anilines is 1. The summed E-state index contributed by atoms with van der Waals surface area (Å²) in [4.78, 5) is 8.39. The molecule has 0 aliphatic carbocycles. The number of ether oxygens (including phenoxy) is 2. The third kappa shape index (κ3) is 3.68. The molecule has 0 spiro atoms. The van der Waals surface area contributed by atoms with Crippen LogP contribution in [0.5, 0.6) is 11.5 Å². The number of hydrogen-bond acceptors (Lipinski definition) is 4. The molecular weight excluding hydrogens is 302 g/mol. The highest BCUT2D eigenvalue weighted by molar-refractivity contribution is 6.29. The summed E-state index contributed by atoms with van der Waals surface area (Å²) in [5.74, 6) is 2.08. The van der Waals surface area contributed by atoms with E-state index in [0.717, 1.165) is 16.8 Å². The van der Waals surface area contributed by atoms with Crippen molar-refractivity contribution in [3.63, 3.8) is 0 Å². The summed E-state index contributed by atoms with van der Waals surface area (Å²) >= 11 is 5.88. The molecule has 0 unspecified atom stereocenters. The second-order valence-corrected chi connectivity index (χ2v) is 5.01. The number of pyridine rings is 1. The molecule has 116 valence electrons. The van der Waals surface area contributed by atoms with Crippen molar-refractivity contribution in [3.8, 4) is 11.5 Å². The van der Waals surface area contributed by atoms with Crippen LogP contribution in [0.4, 0.5) is 5.69 Å². The molecule has 0 atom stereocenters. The van der Waals surface area contributed by atoms with E-state index in [4.69, 9.17) is 21.1 Å². The highest BCUT2D eigenvalue weighted by Crippen LogP contribution is 2.24. The summed E-state index contributed by atoms with van der Waals surface area (Å²) in [5, 5.41) is 3.72. The van der Waals surface area contributed by atoms with Crippen molar-refractivity contribution in [1.29, 1.82) is 0 Å². The maximum atomic E-state index is 5.88. The van der Waals surface area contributed by atoms with Gasteiger partial charge in [0.05, 0.1) is 26.1 Å². The quantitative estimate of drug-likeness (QED) is 0.532. The number of hydrogen-bond donors (Lipinski definition) is 1. The van der Waals surface area contributed by atoms with E-state index >= 15 is 0 Å². The maximum absolute atomic E-state index is 5.88. The number of nitrogens with one attached hydrogen (secondary N) is 1. The first-order valence-electron chi connectivity index (χ1n) is 6.66. The van der Waals surface area contributed by atoms with Crippen LogP contribution in [0.15, 0.2) is 35.5 Å². The summed E-state index contributed by atoms with van der Waals surface area (Å²) in [6.45, 7) is 1.95. The minimum atomic E-state index is 0.459. The molecule has 1 heterocycles. The number of halogens is 1. The van der Waals surface area contributed by atoms with E-state index in [1.54, 1.807) is 33.5 Å². The van der Waals surface area contributed by atoms with Crippen LogP contribution >= 0.6 is 11.6 Å². The number of aliphatic imine (C=N–C) groups is 1. The monoisotopic (exact) mass is 319 g/mol. The Bertz CT molecular complexity index is 680. The second-order valence-electron chi connectivity index (χ2n) is 4.62. The van der Waals surface area contributed by atoms with Crippen LogP contribution in [-0.2, 0) is 0 Å². The molecule has 2 rings (SSSR count). The normalized spacial score (nSPS) is 11.2. The lowest BCUT2D eigenvalue weighted by molar-refractivity contribution is 0.394. The number of aromatic nitrogens is 1. The van der Waals surface area contributed by atoms with Crippen molar-refractivity contribution in [2.24, 2.45) is 4.99 Å². The van der Waals surface area contributed by atoms with Gasteiger partial charge in [0.15, 0.2) is 0 Å². The second kappa shape index (κ2) is 7.13. The van der Waals surface area contributed by atoms with Crippen LogP contribution in [-0.4, -0.2) is 32.1 Å². The molecular formula is C16H18ClN3O2. The van der Waals surface area contributed by atoms with Crippen molar-refractivity contribution in [2.45, 2.75) is 6.92 Å². The van der Waals surface area contributed by atoms with E-state index in [-0.39, 0.29) is 0 Å². The van der Waals surface area contributed by atoms with Gasteiger partial charge >= 0.3 is 0 Å². The fourth-order valence-electron chi connectivity index (χ4n) is 1.98. The molecule has 0 aliphatic heterocycles. The summed E-state index contributed by atoms with van der Waals surface area (Å²) in [6, 6.07) is 7.38. The van der Waals surface area contributed by atoms with Crippen molar-refractivity contribution in [2.75, 3.05) is 26.6 Å². The average Bonchev–Trinajstić information content (AvgIpc) is 2.53. The van der Waals surface area contributed by atoms with Crippen molar-refractivity contribution < 1.29 is 9.47 Å². The Morgan fingerprint density at radius 3 is 2.27 bits per heavy atom. The SMILES string of the molecule is CN=C(Nc1cnc(Cl)cc1C)c1cc(OC)cc(OC)c1. The third-order valence-electron chi connectivity index (χ3n) is 3.18. The summed E-state index contributed by atoms with van der Waals surface area (Å²) in [6.07, 6.45) is 1.68. The summed E-state index contributed by atoms with van der Waals surface area (Å²) < 4.78 is 10.6. The van der Waals surface area contributed by atoms with Gasteiger partial charge in [0, 0.05) is 18.7 Å². The lowest BCUT2D eigenvalue weighted by Gasteiger charge is -2.14. The van der Waals surface area contributed by atoms with Gasteiger partial charge in [-0.2, -0.15) is 0 Å². The van der Waals surface area contributed by atoms with Crippen LogP contribution < -0.4 is 14.8 Å². The van der Waals surface area contributed by atoms with Gasteiger partial charge in [-0.05, 0) is 30.7 Å². The fraction of sp³-hybridized carbons (Fsp3) is 0.250. The molecule has 1 aromatic heterocycles. The van der Waals surface area contributed by atoms with E-state index in [1.165, 1.54) is 0 Å². The zero-order valence-electron chi connectivity index (χ0n) is 13.0. The first kappa shape index (κ1) is 16.1. The molecule has 6 heteroatoms. The molecule has 5 nitrogen and oxygen atoms in total. The molecule has 0 amide bonds. The highest BCUT2D eigenvalue weighted by atomic mass is 35.5. The van der Waals surface area contributed by atoms with Crippen molar-refractivity contribution in [1.82, 2.24) is 4.98 Å². The summed E-state index contributed by atoms with van der Waals surface area (Å²) in [7, 11) is 4.94. The molecule has 0 aliphatic rings. The minimum absolute atomic E-state index is 0.459. The lowest BCUT2D eigenvalue weighted by atomic mass is 10.1. The smallest absolute Gasteiger partial charge is 0.132 e. The Morgan fingerprint density at radius 2 is 1.77 bits per heavy atom. The van der Waals surface area contributed by atoms with Gasteiger partial charge in [-0.3, -0.25) is 4.99 Å². The van der Waals surface area contributed by atoms with E-state index in [1.807, 2.05) is 25.1 Å². The Labute approximate surface area is 135 Å². The molecule has 0 saturated heterocycles. The number of benzene rings is 1. The number of rotatable bonds is 4. The molecule has 1 aromatic carbocycles. The first-order valence-corrected chi connectivity index (χ1v) is 7.04. The third-order valence-corrected chi connectivity index (χ3v) is 3.39. The van der Waals surface area contributed by atoms with Crippen LogP contribution in [0, 0.1) is 6.92 Å². The molecule has 22 heavy (non-hydrogen) atoms. The Morgan fingerprint density at radius 1 is 1.14 bits per heavy atom. The Kier molecular flexibility index (Phi) is 5.22. The lowest BCUT2D eigenvalue weighted by Crippen LogP contribution is -2.15. The zero-order valence-corrected chi connectivity index (χ0v) is 13.7. The number of amidine groups is 1. The molecule has 2 aromatic rings. The topological polar surface area (TPSA) is 55.7 Å². The number of methoxy groups -OCH3 is 2. The minimum Gasteiger partial charge on any atom is -0.497 e. The van der Waals surface area contributed by atoms with Crippen LogP contribution in [0.1, 0.15) is 11.1 Å². The fourth-order valence-corrected chi connectivity index (χ4v) is 2.19. The van der Waals surface area contributed by atoms with E-state index in [0.29, 0.717) is 22.5 Å². The highest BCUT2D eigenvalue weighted by Gasteiger charge is 2.10. The van der Waals surface area contributed by atoms with Gasteiger partial charge in [0.1, 0.15) is 22.5 Å². The van der Waals surface area contributed by atoms with Gasteiger partial charge in [0.2, 0.25) is 0 Å². The predicted molar refractivity (Wildman–Crippen MR) is 89.6 cm³/mol. The van der Waals surface area contributed by atoms with Crippen LogP contribution in [0.25, 0.3) is 0 Å². The van der Waals surface area contributed by atoms with Gasteiger partial charge in [-0.15, -0.1) is 0 Å². The van der Waals surface area contributed by atoms with Crippen LogP contribution in [0.2, 0.25) is 5.15 Å². The Balaban J connectivity index is 2.36. The largest absolute Gasteiger partial charge is 0.497 e. The number of nitrogens with zero attached hydrogens (tertiary/aromatic N) is 2. The average molecular weight is 320 g/mol. The van der Waals surface area contributed by atoms with Gasteiger partial charge in [0.25, 0.3) is 0 Å². The zero-order chi connectivity index (χ0) is 16.1. The summed E-state index contributed by atoms with van der Waals surface area (Å²) in [5.41, 5.74) is 2.68. The first-order chi connectivity index (χ1) is 10.6. The maximum Gasteiger partial charge on any atom is 0.132 e. The molecule has 0 fully saturated rings. The molecule has 0 radical (unpaired) electrons. The van der Waals surface area contributed by atoms with E-state index in [2.05, 4.69) is 15.3 Å². The molecule has 0 bridgehead atoms. The van der Waals surface area contributed by atoms with Gasteiger partial charge in [-0.25, -0.2) is 4.98 Å². The van der Waals surface area contributed by atoms with E-state index < -0.39 is 0 Å². The Hall–Kier alpha value is -2.27. The van der Waals surface area contributed by atoms with Gasteiger partial charge in [-0.1, -0.05) is 11.6 Å². The number of aryl methyl sites for hydroxylation is 1. The van der Waals surface area contributed by atoms with Crippen molar-refractivity contribution >= 4 is 23.1 Å².